The van der Waals surface area contributed by atoms with Crippen molar-refractivity contribution in [1.29, 1.82) is 0 Å². The van der Waals surface area contributed by atoms with Crippen molar-refractivity contribution in [2.75, 3.05) is 19.3 Å². The second kappa shape index (κ2) is 7.00. The molecule has 1 N–H and O–H groups in total. The summed E-state index contributed by atoms with van der Waals surface area (Å²) >= 11 is 0. The smallest absolute Gasteiger partial charge is 0.223 e. The molecule has 0 atom stereocenters. The van der Waals surface area contributed by atoms with Gasteiger partial charge in [-0.2, -0.15) is 4.31 Å². The minimum absolute atomic E-state index is 0.0404. The van der Waals surface area contributed by atoms with Gasteiger partial charge in [0.25, 0.3) is 0 Å². The molecule has 1 amide bonds. The number of aromatic nitrogens is 1. The van der Waals surface area contributed by atoms with Gasteiger partial charge in [0, 0.05) is 37.9 Å². The van der Waals surface area contributed by atoms with Crippen LogP contribution in [0, 0.1) is 5.92 Å². The molecule has 21 heavy (non-hydrogen) atoms. The molecule has 1 aromatic heterocycles. The summed E-state index contributed by atoms with van der Waals surface area (Å²) in [5.41, 5.74) is 0.876. The average molecular weight is 311 g/mol. The van der Waals surface area contributed by atoms with E-state index in [9.17, 15) is 13.2 Å². The zero-order chi connectivity index (χ0) is 15.3. The number of carbonyl (C=O) groups excluding carboxylic acids is 1. The number of rotatable bonds is 7. The SMILES string of the molecule is CS(=O)(=O)N(CCNC(=O)C1CCC1)Cc1ccncc1. The van der Waals surface area contributed by atoms with Gasteiger partial charge in [0.2, 0.25) is 15.9 Å². The van der Waals surface area contributed by atoms with Gasteiger partial charge < -0.3 is 5.32 Å². The number of hydrogen-bond donors (Lipinski definition) is 1. The summed E-state index contributed by atoms with van der Waals surface area (Å²) in [5.74, 6) is 0.162. The molecule has 6 nitrogen and oxygen atoms in total. The van der Waals surface area contributed by atoms with Crippen LogP contribution >= 0.6 is 0 Å². The monoisotopic (exact) mass is 311 g/mol. The molecule has 0 aliphatic heterocycles. The topological polar surface area (TPSA) is 79.4 Å². The minimum Gasteiger partial charge on any atom is -0.355 e. The molecule has 0 aromatic carbocycles. The van der Waals surface area contributed by atoms with Crippen LogP contribution in [0.5, 0.6) is 0 Å². The Kier molecular flexibility index (Phi) is 5.30. The summed E-state index contributed by atoms with van der Waals surface area (Å²) in [7, 11) is -3.31. The Labute approximate surface area is 125 Å². The van der Waals surface area contributed by atoms with E-state index < -0.39 is 10.0 Å². The standard InChI is InChI=1S/C14H21N3O3S/c1-21(19,20)17(11-12-5-7-15-8-6-12)10-9-16-14(18)13-3-2-4-13/h5-8,13H,2-4,9-11H2,1H3,(H,16,18). The molecule has 1 saturated carbocycles. The van der Waals surface area contributed by atoms with E-state index >= 15 is 0 Å². The molecule has 0 unspecified atom stereocenters. The molecule has 1 heterocycles. The number of amides is 1. The van der Waals surface area contributed by atoms with E-state index in [0.717, 1.165) is 24.8 Å². The first-order valence-corrected chi connectivity index (χ1v) is 8.93. The maximum atomic E-state index is 11.8. The Morgan fingerprint density at radius 2 is 2.05 bits per heavy atom. The molecule has 1 aliphatic carbocycles. The van der Waals surface area contributed by atoms with E-state index in [4.69, 9.17) is 0 Å². The second-order valence-electron chi connectivity index (χ2n) is 5.37. The van der Waals surface area contributed by atoms with Gasteiger partial charge in [0.05, 0.1) is 6.26 Å². The lowest BCUT2D eigenvalue weighted by Crippen LogP contribution is -2.40. The Morgan fingerprint density at radius 1 is 1.38 bits per heavy atom. The van der Waals surface area contributed by atoms with E-state index in [2.05, 4.69) is 10.3 Å². The molecule has 0 bridgehead atoms. The van der Waals surface area contributed by atoms with Gasteiger partial charge in [-0.25, -0.2) is 8.42 Å². The van der Waals surface area contributed by atoms with E-state index in [0.29, 0.717) is 13.1 Å². The molecule has 2 rings (SSSR count). The highest BCUT2D eigenvalue weighted by Gasteiger charge is 2.25. The fourth-order valence-corrected chi connectivity index (χ4v) is 2.98. The van der Waals surface area contributed by atoms with Gasteiger partial charge in [-0.3, -0.25) is 9.78 Å². The van der Waals surface area contributed by atoms with Crippen LogP contribution in [-0.2, 0) is 21.4 Å². The van der Waals surface area contributed by atoms with Crippen LogP contribution < -0.4 is 5.32 Å². The third kappa shape index (κ3) is 4.78. The van der Waals surface area contributed by atoms with Crippen molar-refractivity contribution in [3.05, 3.63) is 30.1 Å². The summed E-state index contributed by atoms with van der Waals surface area (Å²) in [5, 5.41) is 2.82. The molecular weight excluding hydrogens is 290 g/mol. The van der Waals surface area contributed by atoms with Crippen LogP contribution in [-0.4, -0.2) is 43.0 Å². The molecular formula is C14H21N3O3S. The number of sulfonamides is 1. The van der Waals surface area contributed by atoms with E-state index in [-0.39, 0.29) is 18.4 Å². The van der Waals surface area contributed by atoms with Crippen molar-refractivity contribution in [2.45, 2.75) is 25.8 Å². The maximum Gasteiger partial charge on any atom is 0.223 e. The largest absolute Gasteiger partial charge is 0.355 e. The number of carbonyl (C=O) groups is 1. The third-order valence-electron chi connectivity index (χ3n) is 3.71. The molecule has 1 fully saturated rings. The first kappa shape index (κ1) is 15.9. The van der Waals surface area contributed by atoms with Gasteiger partial charge >= 0.3 is 0 Å². The second-order valence-corrected chi connectivity index (χ2v) is 7.35. The predicted molar refractivity (Wildman–Crippen MR) is 79.8 cm³/mol. The first-order chi connectivity index (χ1) is 9.97. The minimum atomic E-state index is -3.31. The Morgan fingerprint density at radius 3 is 2.57 bits per heavy atom. The molecule has 1 aliphatic rings. The summed E-state index contributed by atoms with van der Waals surface area (Å²) in [4.78, 5) is 15.6. The van der Waals surface area contributed by atoms with Crippen molar-refractivity contribution in [3.8, 4) is 0 Å². The van der Waals surface area contributed by atoms with Crippen molar-refractivity contribution >= 4 is 15.9 Å². The Balaban J connectivity index is 1.86. The highest BCUT2D eigenvalue weighted by molar-refractivity contribution is 7.88. The zero-order valence-electron chi connectivity index (χ0n) is 12.2. The average Bonchev–Trinajstić information content (AvgIpc) is 2.35. The molecule has 0 saturated heterocycles. The van der Waals surface area contributed by atoms with Gasteiger partial charge in [0.1, 0.15) is 0 Å². The third-order valence-corrected chi connectivity index (χ3v) is 4.96. The van der Waals surface area contributed by atoms with Crippen LogP contribution in [0.1, 0.15) is 24.8 Å². The van der Waals surface area contributed by atoms with Gasteiger partial charge in [-0.05, 0) is 30.5 Å². The quantitative estimate of drug-likeness (QED) is 0.806. The highest BCUT2D eigenvalue weighted by atomic mass is 32.2. The lowest BCUT2D eigenvalue weighted by molar-refractivity contribution is -0.127. The van der Waals surface area contributed by atoms with Crippen LogP contribution in [0.3, 0.4) is 0 Å². The Bertz CT molecular complexity index is 570. The summed E-state index contributed by atoms with van der Waals surface area (Å²) in [6.45, 7) is 0.910. The molecule has 116 valence electrons. The predicted octanol–water partition coefficient (Wildman–Crippen LogP) is 0.759. The van der Waals surface area contributed by atoms with E-state index in [1.807, 2.05) is 0 Å². The van der Waals surface area contributed by atoms with Crippen LogP contribution in [0.15, 0.2) is 24.5 Å². The normalized spacial score (nSPS) is 15.7. The van der Waals surface area contributed by atoms with Gasteiger partial charge in [-0.1, -0.05) is 6.42 Å². The molecule has 1 aromatic rings. The summed E-state index contributed by atoms with van der Waals surface area (Å²) < 4.78 is 25.0. The summed E-state index contributed by atoms with van der Waals surface area (Å²) in [6.07, 6.45) is 7.44. The fraction of sp³-hybridized carbons (Fsp3) is 0.571. The van der Waals surface area contributed by atoms with Gasteiger partial charge in [-0.15, -0.1) is 0 Å². The lowest BCUT2D eigenvalue weighted by Gasteiger charge is -2.25. The van der Waals surface area contributed by atoms with Crippen LogP contribution in [0.4, 0.5) is 0 Å². The van der Waals surface area contributed by atoms with Crippen LogP contribution in [0.2, 0.25) is 0 Å². The van der Waals surface area contributed by atoms with Crippen molar-refractivity contribution in [2.24, 2.45) is 5.92 Å². The fourth-order valence-electron chi connectivity index (χ4n) is 2.17. The molecule has 7 heteroatoms. The van der Waals surface area contributed by atoms with Gasteiger partial charge in [0.15, 0.2) is 0 Å². The maximum absolute atomic E-state index is 11.8. The van der Waals surface area contributed by atoms with E-state index in [1.54, 1.807) is 24.5 Å². The first-order valence-electron chi connectivity index (χ1n) is 7.08. The Hall–Kier alpha value is -1.47. The van der Waals surface area contributed by atoms with Crippen LogP contribution in [0.25, 0.3) is 0 Å². The number of nitrogens with one attached hydrogen (secondary N) is 1. The van der Waals surface area contributed by atoms with Crippen molar-refractivity contribution in [1.82, 2.24) is 14.6 Å². The van der Waals surface area contributed by atoms with Crippen molar-refractivity contribution < 1.29 is 13.2 Å². The lowest BCUT2D eigenvalue weighted by atomic mass is 9.85. The van der Waals surface area contributed by atoms with Crippen molar-refractivity contribution in [3.63, 3.8) is 0 Å². The van der Waals surface area contributed by atoms with E-state index in [1.165, 1.54) is 10.6 Å². The summed E-state index contributed by atoms with van der Waals surface area (Å²) in [6, 6.07) is 3.57. The number of hydrogen-bond acceptors (Lipinski definition) is 4. The molecule has 0 spiro atoms. The highest BCUT2D eigenvalue weighted by Crippen LogP contribution is 2.26. The molecule has 0 radical (unpaired) electrons. The zero-order valence-corrected chi connectivity index (χ0v) is 13.0. The number of nitrogens with zero attached hydrogens (tertiary/aromatic N) is 2. The number of pyridine rings is 1.